The molecule has 212 valence electrons. The molecule has 15 nitrogen and oxygen atoms in total. The van der Waals surface area contributed by atoms with Crippen molar-refractivity contribution in [3.8, 4) is 0 Å². The maximum Gasteiger partial charge on any atom is 0.322 e. The standard InChI is InChI=1S/C24H35N9O6/c25-15(7-8-19(26)34)21(37)32-17(6-3-9-29-24(27)28)23(39)33-18(22(38)31-12-20(35)36)10-13-11-30-16-5-2-1-4-14(13)16/h1-2,4-5,11,15,17-18,30H,3,6-10,12,25H2,(H2,26,34)(H,31,38)(H,32,37)(H,33,39)(H,35,36)(H4,27,28,29). The van der Waals surface area contributed by atoms with Crippen molar-refractivity contribution < 1.29 is 29.1 Å². The van der Waals surface area contributed by atoms with Gasteiger partial charge in [-0.3, -0.25) is 29.0 Å². The molecule has 0 aliphatic carbocycles. The largest absolute Gasteiger partial charge is 0.480 e. The maximum atomic E-state index is 13.3. The van der Waals surface area contributed by atoms with Crippen molar-refractivity contribution in [2.75, 3.05) is 13.1 Å². The summed E-state index contributed by atoms with van der Waals surface area (Å²) >= 11 is 0. The fourth-order valence-corrected chi connectivity index (χ4v) is 3.77. The van der Waals surface area contributed by atoms with Crippen molar-refractivity contribution in [2.24, 2.45) is 27.9 Å². The van der Waals surface area contributed by atoms with Crippen LogP contribution in [0.4, 0.5) is 0 Å². The van der Waals surface area contributed by atoms with E-state index in [0.717, 1.165) is 10.9 Å². The van der Waals surface area contributed by atoms with Gasteiger partial charge in [0.1, 0.15) is 18.6 Å². The lowest BCUT2D eigenvalue weighted by Gasteiger charge is -2.24. The molecule has 15 heteroatoms. The first kappa shape index (κ1) is 30.6. The number of carbonyl (C=O) groups excluding carboxylic acids is 4. The monoisotopic (exact) mass is 545 g/mol. The summed E-state index contributed by atoms with van der Waals surface area (Å²) in [6.45, 7) is -0.472. The van der Waals surface area contributed by atoms with Gasteiger partial charge in [-0.1, -0.05) is 18.2 Å². The lowest BCUT2D eigenvalue weighted by atomic mass is 10.0. The Hall–Kier alpha value is -4.66. The molecule has 0 aliphatic rings. The van der Waals surface area contributed by atoms with Crippen LogP contribution in [0.2, 0.25) is 0 Å². The van der Waals surface area contributed by atoms with Crippen molar-refractivity contribution in [2.45, 2.75) is 50.2 Å². The van der Waals surface area contributed by atoms with Crippen LogP contribution in [0.25, 0.3) is 10.9 Å². The number of primary amides is 1. The minimum Gasteiger partial charge on any atom is -0.480 e. The first-order chi connectivity index (χ1) is 18.5. The van der Waals surface area contributed by atoms with E-state index < -0.39 is 54.3 Å². The van der Waals surface area contributed by atoms with Crippen LogP contribution in [0.3, 0.4) is 0 Å². The lowest BCUT2D eigenvalue weighted by molar-refractivity contribution is -0.138. The third kappa shape index (κ3) is 10.3. The number of nitrogens with zero attached hydrogens (tertiary/aromatic N) is 1. The number of nitrogens with two attached hydrogens (primary N) is 4. The van der Waals surface area contributed by atoms with Crippen LogP contribution in [0.5, 0.6) is 0 Å². The fourth-order valence-electron chi connectivity index (χ4n) is 3.77. The topological polar surface area (TPSA) is 274 Å². The highest BCUT2D eigenvalue weighted by Crippen LogP contribution is 2.19. The van der Waals surface area contributed by atoms with E-state index >= 15 is 0 Å². The van der Waals surface area contributed by atoms with Gasteiger partial charge in [0.05, 0.1) is 6.04 Å². The number of aromatic amines is 1. The van der Waals surface area contributed by atoms with Crippen LogP contribution in [0.15, 0.2) is 35.5 Å². The van der Waals surface area contributed by atoms with Gasteiger partial charge in [0.25, 0.3) is 0 Å². The van der Waals surface area contributed by atoms with Gasteiger partial charge in [0.2, 0.25) is 23.6 Å². The Morgan fingerprint density at radius 2 is 1.64 bits per heavy atom. The summed E-state index contributed by atoms with van der Waals surface area (Å²) in [7, 11) is 0. The second-order valence-corrected chi connectivity index (χ2v) is 8.86. The third-order valence-corrected chi connectivity index (χ3v) is 5.76. The molecule has 1 heterocycles. The predicted octanol–water partition coefficient (Wildman–Crippen LogP) is -2.47. The average Bonchev–Trinajstić information content (AvgIpc) is 3.29. The van der Waals surface area contributed by atoms with E-state index in [-0.39, 0.29) is 38.2 Å². The molecule has 0 saturated carbocycles. The molecule has 2 aromatic rings. The predicted molar refractivity (Wildman–Crippen MR) is 143 cm³/mol. The van der Waals surface area contributed by atoms with Gasteiger partial charge >= 0.3 is 5.97 Å². The van der Waals surface area contributed by atoms with Crippen LogP contribution in [0, 0.1) is 0 Å². The van der Waals surface area contributed by atoms with E-state index in [9.17, 15) is 24.0 Å². The van der Waals surface area contributed by atoms with Crippen molar-refractivity contribution in [1.29, 1.82) is 0 Å². The molecule has 2 rings (SSSR count). The van der Waals surface area contributed by atoms with Gasteiger partial charge in [-0.25, -0.2) is 0 Å². The van der Waals surface area contributed by atoms with E-state index in [1.165, 1.54) is 0 Å². The number of aromatic nitrogens is 1. The second kappa shape index (κ2) is 14.9. The molecule has 3 unspecified atom stereocenters. The number of aliphatic carboxylic acids is 1. The number of rotatable bonds is 16. The molecule has 13 N–H and O–H groups in total. The Balaban J connectivity index is 2.23. The molecule has 3 atom stereocenters. The van der Waals surface area contributed by atoms with Gasteiger partial charge in [0.15, 0.2) is 5.96 Å². The first-order valence-corrected chi connectivity index (χ1v) is 12.2. The number of benzene rings is 1. The lowest BCUT2D eigenvalue weighted by Crippen LogP contribution is -2.56. The zero-order valence-corrected chi connectivity index (χ0v) is 21.3. The Morgan fingerprint density at radius 1 is 0.949 bits per heavy atom. The molecular weight excluding hydrogens is 510 g/mol. The molecule has 4 amide bonds. The minimum atomic E-state index is -1.25. The van der Waals surface area contributed by atoms with Gasteiger partial charge in [-0.2, -0.15) is 0 Å². The number of hydrogen-bond donors (Lipinski definition) is 9. The van der Waals surface area contributed by atoms with E-state index in [0.29, 0.717) is 12.0 Å². The number of hydrogen-bond acceptors (Lipinski definition) is 7. The first-order valence-electron chi connectivity index (χ1n) is 12.2. The highest BCUT2D eigenvalue weighted by Gasteiger charge is 2.29. The van der Waals surface area contributed by atoms with Crippen molar-refractivity contribution in [1.82, 2.24) is 20.9 Å². The SMILES string of the molecule is NC(=O)CCC(N)C(=O)NC(CCCN=C(N)N)C(=O)NC(Cc1c[nH]c2ccccc12)C(=O)NCC(=O)O. The highest BCUT2D eigenvalue weighted by molar-refractivity contribution is 5.94. The Morgan fingerprint density at radius 3 is 2.31 bits per heavy atom. The third-order valence-electron chi connectivity index (χ3n) is 5.76. The van der Waals surface area contributed by atoms with E-state index in [2.05, 4.69) is 25.9 Å². The number of carboxylic acid groups (broad SMARTS) is 1. The number of aliphatic imine (C=N–C) groups is 1. The number of amides is 4. The number of fused-ring (bicyclic) bond motifs is 1. The van der Waals surface area contributed by atoms with E-state index in [1.54, 1.807) is 6.20 Å². The summed E-state index contributed by atoms with van der Waals surface area (Å²) in [5.74, 6) is -4.14. The van der Waals surface area contributed by atoms with Gasteiger partial charge in [0, 0.05) is 36.5 Å². The van der Waals surface area contributed by atoms with Crippen LogP contribution in [-0.4, -0.2) is 76.9 Å². The number of nitrogens with one attached hydrogen (secondary N) is 4. The second-order valence-electron chi connectivity index (χ2n) is 8.86. The zero-order chi connectivity index (χ0) is 28.9. The maximum absolute atomic E-state index is 13.3. The van der Waals surface area contributed by atoms with Crippen molar-refractivity contribution in [3.05, 3.63) is 36.0 Å². The summed E-state index contributed by atoms with van der Waals surface area (Å²) in [4.78, 5) is 67.8. The Kier molecular flexibility index (Phi) is 11.7. The van der Waals surface area contributed by atoms with Crippen molar-refractivity contribution >= 4 is 46.5 Å². The molecule has 0 aliphatic heterocycles. The Bertz CT molecular complexity index is 1210. The summed E-state index contributed by atoms with van der Waals surface area (Å²) in [5.41, 5.74) is 23.2. The normalized spacial score (nSPS) is 13.1. The van der Waals surface area contributed by atoms with Gasteiger partial charge in [-0.05, 0) is 30.9 Å². The molecule has 0 saturated heterocycles. The highest BCUT2D eigenvalue weighted by atomic mass is 16.4. The molecule has 1 aromatic carbocycles. The smallest absolute Gasteiger partial charge is 0.322 e. The molecule has 39 heavy (non-hydrogen) atoms. The number of guanidine groups is 1. The summed E-state index contributed by atoms with van der Waals surface area (Å²) in [5, 5.41) is 17.2. The van der Waals surface area contributed by atoms with Gasteiger partial charge in [-0.15, -0.1) is 0 Å². The quantitative estimate of drug-likeness (QED) is 0.0613. The summed E-state index contributed by atoms with van der Waals surface area (Å²) in [6, 6.07) is 3.94. The Labute approximate surface area is 224 Å². The zero-order valence-electron chi connectivity index (χ0n) is 21.3. The minimum absolute atomic E-state index is 0.0235. The van der Waals surface area contributed by atoms with Crippen LogP contribution >= 0.6 is 0 Å². The van der Waals surface area contributed by atoms with Crippen LogP contribution in [0.1, 0.15) is 31.2 Å². The summed E-state index contributed by atoms with van der Waals surface area (Å²) < 4.78 is 0. The molecule has 0 fully saturated rings. The molecule has 0 bridgehead atoms. The fraction of sp³-hybridized carbons (Fsp3) is 0.417. The molecule has 0 spiro atoms. The van der Waals surface area contributed by atoms with Crippen molar-refractivity contribution in [3.63, 3.8) is 0 Å². The number of carboxylic acids is 1. The number of H-pyrrole nitrogens is 1. The number of para-hydroxylation sites is 1. The molecular formula is C24H35N9O6. The van der Waals surface area contributed by atoms with Crippen LogP contribution in [-0.2, 0) is 30.4 Å². The van der Waals surface area contributed by atoms with E-state index in [4.69, 9.17) is 28.0 Å². The van der Waals surface area contributed by atoms with Gasteiger partial charge < -0.3 is 49.0 Å². The summed E-state index contributed by atoms with van der Waals surface area (Å²) in [6.07, 6.45) is 1.98. The average molecular weight is 546 g/mol. The number of carbonyl (C=O) groups is 5. The van der Waals surface area contributed by atoms with Crippen LogP contribution < -0.4 is 38.9 Å². The van der Waals surface area contributed by atoms with E-state index in [1.807, 2.05) is 24.3 Å². The molecule has 0 radical (unpaired) electrons. The molecule has 1 aromatic heterocycles.